The monoisotopic (exact) mass is 589 g/mol. The van der Waals surface area contributed by atoms with Gasteiger partial charge < -0.3 is 24.7 Å². The molecular formula is C31H51N5O6. The lowest BCUT2D eigenvalue weighted by Gasteiger charge is -2.24. The summed E-state index contributed by atoms with van der Waals surface area (Å²) < 4.78 is 25.7. The zero-order valence-corrected chi connectivity index (χ0v) is 25.8. The Morgan fingerprint density at radius 1 is 0.952 bits per heavy atom. The minimum Gasteiger partial charge on any atom is -0.463 e. The van der Waals surface area contributed by atoms with Crippen molar-refractivity contribution in [2.24, 2.45) is 0 Å². The number of aromatic amines is 1. The van der Waals surface area contributed by atoms with Gasteiger partial charge in [0, 0.05) is 6.42 Å². The minimum atomic E-state index is -0.839. The number of unbranched alkanes of at least 4 members (excludes halogenated alkanes) is 14. The number of ether oxygens (including phenoxy) is 4. The summed E-state index contributed by atoms with van der Waals surface area (Å²) in [4.78, 5) is 35.6. The van der Waals surface area contributed by atoms with E-state index >= 15 is 0 Å². The Morgan fingerprint density at radius 2 is 1.52 bits per heavy atom. The highest BCUT2D eigenvalue weighted by Gasteiger charge is 2.56. The summed E-state index contributed by atoms with van der Waals surface area (Å²) in [5, 5.41) is 0. The predicted molar refractivity (Wildman–Crippen MR) is 161 cm³/mol. The summed E-state index contributed by atoms with van der Waals surface area (Å²) in [6.07, 6.45) is 18.9. The highest BCUT2D eigenvalue weighted by molar-refractivity contribution is 5.70. The molecule has 0 spiro atoms. The summed E-state index contributed by atoms with van der Waals surface area (Å²) in [7, 11) is 0. The maximum atomic E-state index is 12.5. The molecule has 0 saturated carbocycles. The first-order valence-corrected chi connectivity index (χ1v) is 16.2. The van der Waals surface area contributed by atoms with Crippen LogP contribution in [-0.4, -0.2) is 56.2 Å². The maximum Gasteiger partial charge on any atom is 0.305 e. The number of imidazole rings is 1. The van der Waals surface area contributed by atoms with Gasteiger partial charge in [0.25, 0.3) is 5.56 Å². The average molecular weight is 590 g/mol. The van der Waals surface area contributed by atoms with Crippen LogP contribution in [0.5, 0.6) is 0 Å². The zero-order valence-electron chi connectivity index (χ0n) is 25.8. The second-order valence-corrected chi connectivity index (χ2v) is 12.3. The normalized spacial score (nSPS) is 23.0. The van der Waals surface area contributed by atoms with Gasteiger partial charge in [0.1, 0.15) is 24.9 Å². The van der Waals surface area contributed by atoms with Gasteiger partial charge in [0.15, 0.2) is 23.2 Å². The number of nitrogens with two attached hydrogens (primary N) is 1. The topological polar surface area (TPSA) is 144 Å². The number of nitrogen functional groups attached to an aromatic ring is 1. The van der Waals surface area contributed by atoms with E-state index in [0.717, 1.165) is 19.3 Å². The van der Waals surface area contributed by atoms with Gasteiger partial charge >= 0.3 is 5.97 Å². The van der Waals surface area contributed by atoms with E-state index in [-0.39, 0.29) is 24.0 Å². The third kappa shape index (κ3) is 9.00. The van der Waals surface area contributed by atoms with E-state index in [4.69, 9.17) is 24.7 Å². The number of aromatic nitrogens is 4. The largest absolute Gasteiger partial charge is 0.463 e. The van der Waals surface area contributed by atoms with E-state index in [1.807, 2.05) is 13.8 Å². The Labute approximate surface area is 249 Å². The fraction of sp³-hybridized carbons (Fsp3) is 0.806. The molecule has 0 amide bonds. The molecule has 0 radical (unpaired) electrons. The number of esters is 1. The van der Waals surface area contributed by atoms with Crippen molar-refractivity contribution in [2.75, 3.05) is 12.3 Å². The lowest BCUT2D eigenvalue weighted by Crippen LogP contribution is -2.33. The lowest BCUT2D eigenvalue weighted by atomic mass is 10.0. The van der Waals surface area contributed by atoms with Gasteiger partial charge in [-0.1, -0.05) is 96.8 Å². The van der Waals surface area contributed by atoms with Crippen LogP contribution in [0.4, 0.5) is 5.95 Å². The molecule has 3 N–H and O–H groups in total. The molecule has 2 aromatic rings. The number of rotatable bonds is 19. The molecule has 4 atom stereocenters. The highest BCUT2D eigenvalue weighted by atomic mass is 16.8. The van der Waals surface area contributed by atoms with Gasteiger partial charge in [0.05, 0.1) is 6.33 Å². The quantitative estimate of drug-likeness (QED) is 0.151. The first-order valence-electron chi connectivity index (χ1n) is 16.2. The third-order valence-electron chi connectivity index (χ3n) is 8.24. The molecule has 0 aliphatic carbocycles. The second kappa shape index (κ2) is 15.8. The van der Waals surface area contributed by atoms with Crippen molar-refractivity contribution in [3.63, 3.8) is 0 Å². The van der Waals surface area contributed by atoms with Crippen LogP contribution < -0.4 is 11.3 Å². The van der Waals surface area contributed by atoms with Crippen molar-refractivity contribution in [3.05, 3.63) is 16.7 Å². The van der Waals surface area contributed by atoms with Crippen LogP contribution in [0.3, 0.4) is 0 Å². The molecule has 0 unspecified atom stereocenters. The van der Waals surface area contributed by atoms with Crippen LogP contribution >= 0.6 is 0 Å². The second-order valence-electron chi connectivity index (χ2n) is 12.3. The fourth-order valence-electron chi connectivity index (χ4n) is 6.03. The van der Waals surface area contributed by atoms with Crippen molar-refractivity contribution < 1.29 is 23.7 Å². The molecular weight excluding hydrogens is 538 g/mol. The summed E-state index contributed by atoms with van der Waals surface area (Å²) in [6, 6.07) is 0. The molecule has 2 aliphatic heterocycles. The Bertz CT molecular complexity index is 1180. The third-order valence-corrected chi connectivity index (χ3v) is 8.24. The molecule has 42 heavy (non-hydrogen) atoms. The van der Waals surface area contributed by atoms with Crippen LogP contribution in [0.25, 0.3) is 11.2 Å². The van der Waals surface area contributed by atoms with Crippen molar-refractivity contribution >= 4 is 23.1 Å². The Kier molecular flexibility index (Phi) is 12.2. The van der Waals surface area contributed by atoms with E-state index in [9.17, 15) is 9.59 Å². The molecule has 0 bridgehead atoms. The number of hydrogen-bond donors (Lipinski definition) is 2. The van der Waals surface area contributed by atoms with Crippen LogP contribution in [0.15, 0.2) is 11.1 Å². The maximum absolute atomic E-state index is 12.5. The molecule has 2 fully saturated rings. The van der Waals surface area contributed by atoms with Crippen molar-refractivity contribution in [1.29, 1.82) is 0 Å². The molecule has 0 aromatic carbocycles. The number of carbonyl (C=O) groups is 1. The van der Waals surface area contributed by atoms with E-state index in [1.165, 1.54) is 83.4 Å². The number of nitrogens with one attached hydrogen (secondary N) is 1. The number of fused-ring (bicyclic) bond motifs is 2. The first-order chi connectivity index (χ1) is 20.3. The summed E-state index contributed by atoms with van der Waals surface area (Å²) >= 11 is 0. The average Bonchev–Trinajstić information content (AvgIpc) is 3.60. The molecule has 236 valence electrons. The minimum absolute atomic E-state index is 0.0167. The number of hydrogen-bond acceptors (Lipinski definition) is 9. The lowest BCUT2D eigenvalue weighted by molar-refractivity contribution is -0.202. The molecule has 11 heteroatoms. The number of nitrogens with zero attached hydrogens (tertiary/aromatic N) is 3. The van der Waals surface area contributed by atoms with E-state index in [1.54, 1.807) is 4.57 Å². The zero-order chi connectivity index (χ0) is 30.0. The smallest absolute Gasteiger partial charge is 0.305 e. The van der Waals surface area contributed by atoms with E-state index in [2.05, 4.69) is 21.9 Å². The number of anilines is 1. The summed E-state index contributed by atoms with van der Waals surface area (Å²) in [5.74, 6) is -1.09. The summed E-state index contributed by atoms with van der Waals surface area (Å²) in [5.41, 5.74) is 5.78. The molecule has 4 rings (SSSR count). The number of carbonyl (C=O) groups excluding carboxylic acids is 1. The van der Waals surface area contributed by atoms with E-state index < -0.39 is 35.9 Å². The molecule has 2 aromatic heterocycles. The van der Waals surface area contributed by atoms with Gasteiger partial charge in [0.2, 0.25) is 5.95 Å². The predicted octanol–water partition coefficient (Wildman–Crippen LogP) is 5.92. The van der Waals surface area contributed by atoms with Gasteiger partial charge in [-0.05, 0) is 20.3 Å². The Balaban J connectivity index is 1.12. The number of H-pyrrole nitrogens is 1. The van der Waals surface area contributed by atoms with Crippen molar-refractivity contribution in [3.8, 4) is 0 Å². The van der Waals surface area contributed by atoms with Crippen molar-refractivity contribution in [2.45, 2.75) is 154 Å². The van der Waals surface area contributed by atoms with Gasteiger partial charge in [-0.25, -0.2) is 4.98 Å². The Morgan fingerprint density at radius 3 is 2.14 bits per heavy atom. The summed E-state index contributed by atoms with van der Waals surface area (Å²) in [6.45, 7) is 5.98. The van der Waals surface area contributed by atoms with Crippen LogP contribution in [0, 0.1) is 0 Å². The first kappa shape index (κ1) is 32.4. The highest BCUT2D eigenvalue weighted by Crippen LogP contribution is 2.43. The van der Waals surface area contributed by atoms with Gasteiger partial charge in [-0.2, -0.15) is 4.98 Å². The van der Waals surface area contributed by atoms with Crippen LogP contribution in [-0.2, 0) is 23.7 Å². The Hall–Kier alpha value is -2.50. The fourth-order valence-corrected chi connectivity index (χ4v) is 6.03. The van der Waals surface area contributed by atoms with E-state index in [0.29, 0.717) is 12.1 Å². The SMILES string of the molecule is CCCCCCCCCCCCCCCCCC(=O)OC[C@H]1O[C@@H](n2cnc3c(=O)[nH]c(N)nc32)[C@@H]2OC(C)(C)O[C@@H]21. The van der Waals surface area contributed by atoms with Crippen LogP contribution in [0.1, 0.15) is 130 Å². The van der Waals surface area contributed by atoms with Crippen LogP contribution in [0.2, 0.25) is 0 Å². The molecule has 2 aliphatic rings. The van der Waals surface area contributed by atoms with Gasteiger partial charge in [-0.15, -0.1) is 0 Å². The van der Waals surface area contributed by atoms with Crippen molar-refractivity contribution in [1.82, 2.24) is 19.5 Å². The standard InChI is InChI=1S/C31H51N5O6/c1-4-5-6-7-8-9-10-11-12-13-14-15-16-17-18-19-23(37)39-20-22-25-26(42-31(2,3)41-25)29(40-22)36-21-33-24-27(36)34-30(32)35-28(24)38/h21-22,25-26,29H,4-20H2,1-3H3,(H3,32,34,35,38)/t22-,25-,26-,29-/m1/s1. The molecule has 4 heterocycles. The molecule has 2 saturated heterocycles. The van der Waals surface area contributed by atoms with Gasteiger partial charge in [-0.3, -0.25) is 19.1 Å². The molecule has 11 nitrogen and oxygen atoms in total.